The summed E-state index contributed by atoms with van der Waals surface area (Å²) in [6, 6.07) is 10.7. The van der Waals surface area contributed by atoms with Crippen LogP contribution in [0.25, 0.3) is 20.4 Å². The molecule has 0 spiro atoms. The Balaban J connectivity index is 1.39. The van der Waals surface area contributed by atoms with E-state index in [0.717, 1.165) is 31.0 Å². The summed E-state index contributed by atoms with van der Waals surface area (Å²) in [5.74, 6) is -0.309. The second-order valence-electron chi connectivity index (χ2n) is 6.80. The fourth-order valence-corrected chi connectivity index (χ4v) is 6.19. The third kappa shape index (κ3) is 4.31. The summed E-state index contributed by atoms with van der Waals surface area (Å²) in [6.07, 6.45) is 0.370. The summed E-state index contributed by atoms with van der Waals surface area (Å²) in [5.41, 5.74) is 2.71. The highest BCUT2D eigenvalue weighted by atomic mass is 32.2. The summed E-state index contributed by atoms with van der Waals surface area (Å²) in [5, 5.41) is 4.28. The van der Waals surface area contributed by atoms with E-state index in [9.17, 15) is 13.2 Å². The molecule has 0 aliphatic heterocycles. The van der Waals surface area contributed by atoms with Crippen molar-refractivity contribution in [2.75, 3.05) is 11.1 Å². The number of aromatic nitrogens is 2. The third-order valence-electron chi connectivity index (χ3n) is 4.46. The summed E-state index contributed by atoms with van der Waals surface area (Å²) in [7, 11) is -3.39. The zero-order valence-corrected chi connectivity index (χ0v) is 18.4. The van der Waals surface area contributed by atoms with E-state index in [2.05, 4.69) is 15.3 Å². The number of nitrogens with one attached hydrogen (secondary N) is 1. The number of benzene rings is 2. The van der Waals surface area contributed by atoms with Crippen molar-refractivity contribution in [1.82, 2.24) is 9.97 Å². The molecule has 9 heteroatoms. The van der Waals surface area contributed by atoms with Gasteiger partial charge in [0, 0.05) is 6.42 Å². The molecule has 0 fully saturated rings. The lowest BCUT2D eigenvalue weighted by molar-refractivity contribution is -0.116. The number of sulfone groups is 1. The van der Waals surface area contributed by atoms with E-state index in [1.54, 1.807) is 35.6 Å². The number of rotatable bonds is 6. The highest BCUT2D eigenvalue weighted by Gasteiger charge is 2.16. The van der Waals surface area contributed by atoms with Gasteiger partial charge in [-0.25, -0.2) is 18.4 Å². The largest absolute Gasteiger partial charge is 0.302 e. The average molecular weight is 446 g/mol. The smallest absolute Gasteiger partial charge is 0.226 e. The molecule has 2 aromatic carbocycles. The molecule has 0 radical (unpaired) electrons. The van der Waals surface area contributed by atoms with Crippen molar-refractivity contribution in [1.29, 1.82) is 0 Å². The van der Waals surface area contributed by atoms with E-state index in [1.807, 2.05) is 26.0 Å². The van der Waals surface area contributed by atoms with Gasteiger partial charge in [-0.05, 0) is 44.5 Å². The van der Waals surface area contributed by atoms with Crippen LogP contribution in [0.15, 0.2) is 41.3 Å². The van der Waals surface area contributed by atoms with Gasteiger partial charge in [0.25, 0.3) is 0 Å². The zero-order chi connectivity index (χ0) is 20.6. The van der Waals surface area contributed by atoms with Gasteiger partial charge in [0.1, 0.15) is 5.52 Å². The third-order valence-corrected chi connectivity index (χ3v) is 8.21. The average Bonchev–Trinajstić information content (AvgIpc) is 3.23. The van der Waals surface area contributed by atoms with Crippen molar-refractivity contribution >= 4 is 64.0 Å². The molecule has 4 aromatic rings. The van der Waals surface area contributed by atoms with Gasteiger partial charge in [-0.1, -0.05) is 29.0 Å². The number of carbonyl (C=O) groups is 1. The van der Waals surface area contributed by atoms with Crippen LogP contribution in [0.2, 0.25) is 0 Å². The van der Waals surface area contributed by atoms with Crippen molar-refractivity contribution in [2.45, 2.75) is 31.6 Å². The molecule has 0 atom stereocenters. The Kier molecular flexibility index (Phi) is 5.37. The highest BCUT2D eigenvalue weighted by molar-refractivity contribution is 7.91. The van der Waals surface area contributed by atoms with Crippen LogP contribution >= 0.6 is 22.7 Å². The topological polar surface area (TPSA) is 89.0 Å². The van der Waals surface area contributed by atoms with E-state index in [1.165, 1.54) is 11.3 Å². The Morgan fingerprint density at radius 2 is 1.79 bits per heavy atom. The predicted molar refractivity (Wildman–Crippen MR) is 119 cm³/mol. The number of carbonyl (C=O) groups excluding carboxylic acids is 1. The molecule has 0 saturated heterocycles. The SMILES string of the molecule is Cc1ccc(S(=O)(=O)CCCC(=O)Nc2nc3ccc4sc(C)nc4c3s2)cc1. The molecule has 29 heavy (non-hydrogen) atoms. The quantitative estimate of drug-likeness (QED) is 0.464. The molecule has 0 saturated carbocycles. The van der Waals surface area contributed by atoms with Crippen LogP contribution in [0.5, 0.6) is 0 Å². The fourth-order valence-electron chi connectivity index (χ4n) is 3.01. The van der Waals surface area contributed by atoms with E-state index < -0.39 is 9.84 Å². The number of amides is 1. The van der Waals surface area contributed by atoms with E-state index in [4.69, 9.17) is 0 Å². The molecule has 0 aliphatic rings. The van der Waals surface area contributed by atoms with Crippen molar-refractivity contribution in [2.24, 2.45) is 0 Å². The van der Waals surface area contributed by atoms with Crippen molar-refractivity contribution in [3.8, 4) is 0 Å². The van der Waals surface area contributed by atoms with E-state index >= 15 is 0 Å². The minimum Gasteiger partial charge on any atom is -0.302 e. The van der Waals surface area contributed by atoms with Crippen LogP contribution in [0, 0.1) is 13.8 Å². The van der Waals surface area contributed by atoms with Gasteiger partial charge in [-0.2, -0.15) is 0 Å². The first-order valence-corrected chi connectivity index (χ1v) is 12.4. The molecule has 0 bridgehead atoms. The summed E-state index contributed by atoms with van der Waals surface area (Å²) >= 11 is 3.01. The summed E-state index contributed by atoms with van der Waals surface area (Å²) < 4.78 is 26.8. The standard InChI is InChI=1S/C20H19N3O3S3/c1-12-5-7-14(8-6-12)29(25,26)11-3-4-17(24)23-20-22-15-9-10-16-18(19(15)28-20)21-13(2)27-16/h5-10H,3-4,11H2,1-2H3,(H,22,23,24). The van der Waals surface area contributed by atoms with Gasteiger partial charge >= 0.3 is 0 Å². The molecular weight excluding hydrogens is 426 g/mol. The minimum atomic E-state index is -3.39. The first-order valence-electron chi connectivity index (χ1n) is 9.08. The molecule has 0 aliphatic carbocycles. The number of anilines is 1. The van der Waals surface area contributed by atoms with Crippen LogP contribution in [-0.4, -0.2) is 30.0 Å². The Labute approximate surface area is 176 Å². The molecule has 2 aromatic heterocycles. The monoisotopic (exact) mass is 445 g/mol. The molecule has 0 unspecified atom stereocenters. The minimum absolute atomic E-state index is 0.0674. The molecule has 1 amide bonds. The maximum Gasteiger partial charge on any atom is 0.226 e. The predicted octanol–water partition coefficient (Wildman–Crippen LogP) is 4.72. The van der Waals surface area contributed by atoms with Gasteiger partial charge in [-0.3, -0.25) is 4.79 Å². The second-order valence-corrected chi connectivity index (χ2v) is 11.1. The Morgan fingerprint density at radius 3 is 2.55 bits per heavy atom. The second kappa shape index (κ2) is 7.81. The first kappa shape index (κ1) is 19.9. The lowest BCUT2D eigenvalue weighted by Crippen LogP contribution is -2.14. The number of nitrogens with zero attached hydrogens (tertiary/aromatic N) is 2. The van der Waals surface area contributed by atoms with Crippen LogP contribution in [0.1, 0.15) is 23.4 Å². The van der Waals surface area contributed by atoms with Crippen molar-refractivity contribution in [3.05, 3.63) is 47.0 Å². The van der Waals surface area contributed by atoms with E-state index in [-0.39, 0.29) is 29.4 Å². The fraction of sp³-hybridized carbons (Fsp3) is 0.250. The van der Waals surface area contributed by atoms with Gasteiger partial charge in [0.05, 0.1) is 30.6 Å². The van der Waals surface area contributed by atoms with Crippen molar-refractivity contribution < 1.29 is 13.2 Å². The number of hydrogen-bond acceptors (Lipinski definition) is 7. The zero-order valence-electron chi connectivity index (χ0n) is 15.9. The van der Waals surface area contributed by atoms with Gasteiger partial charge < -0.3 is 5.32 Å². The van der Waals surface area contributed by atoms with Gasteiger partial charge in [0.15, 0.2) is 15.0 Å². The van der Waals surface area contributed by atoms with Gasteiger partial charge in [0.2, 0.25) is 5.91 Å². The number of thiazole rings is 2. The van der Waals surface area contributed by atoms with E-state index in [0.29, 0.717) is 5.13 Å². The number of hydrogen-bond donors (Lipinski definition) is 1. The Morgan fingerprint density at radius 1 is 1.03 bits per heavy atom. The molecule has 2 heterocycles. The molecule has 150 valence electrons. The van der Waals surface area contributed by atoms with Crippen molar-refractivity contribution in [3.63, 3.8) is 0 Å². The Hall–Kier alpha value is -2.36. The first-order chi connectivity index (χ1) is 13.8. The molecule has 4 rings (SSSR count). The molecule has 6 nitrogen and oxygen atoms in total. The Bertz CT molecular complexity index is 1310. The van der Waals surface area contributed by atoms with Gasteiger partial charge in [-0.15, -0.1) is 11.3 Å². The maximum absolute atomic E-state index is 12.4. The summed E-state index contributed by atoms with van der Waals surface area (Å²) in [4.78, 5) is 21.6. The highest BCUT2D eigenvalue weighted by Crippen LogP contribution is 2.34. The maximum atomic E-state index is 12.4. The number of fused-ring (bicyclic) bond motifs is 3. The summed E-state index contributed by atoms with van der Waals surface area (Å²) in [6.45, 7) is 3.87. The van der Waals surface area contributed by atoms with Crippen LogP contribution < -0.4 is 5.32 Å². The lowest BCUT2D eigenvalue weighted by atomic mass is 10.2. The van der Waals surface area contributed by atoms with Crippen LogP contribution in [-0.2, 0) is 14.6 Å². The van der Waals surface area contributed by atoms with Crippen LogP contribution in [0.4, 0.5) is 5.13 Å². The number of aryl methyl sites for hydroxylation is 2. The normalized spacial score (nSPS) is 11.9. The van der Waals surface area contributed by atoms with Crippen LogP contribution in [0.3, 0.4) is 0 Å². The molecular formula is C20H19N3O3S3. The lowest BCUT2D eigenvalue weighted by Gasteiger charge is -2.05. The molecule has 1 N–H and O–H groups in total.